The second kappa shape index (κ2) is 7.53. The van der Waals surface area contributed by atoms with E-state index in [1.807, 2.05) is 0 Å². The van der Waals surface area contributed by atoms with Crippen molar-refractivity contribution >= 4 is 12.0 Å². The van der Waals surface area contributed by atoms with Gasteiger partial charge in [-0.3, -0.25) is 0 Å². The number of nitrogens with one attached hydrogen (secondary N) is 1. The summed E-state index contributed by atoms with van der Waals surface area (Å²) in [5.41, 5.74) is 0.400. The van der Waals surface area contributed by atoms with Crippen LogP contribution in [0.3, 0.4) is 0 Å². The van der Waals surface area contributed by atoms with Crippen molar-refractivity contribution in [1.29, 1.82) is 0 Å². The van der Waals surface area contributed by atoms with Gasteiger partial charge in [-0.05, 0) is 31.7 Å². The van der Waals surface area contributed by atoms with Gasteiger partial charge in [-0.1, -0.05) is 19.8 Å². The highest BCUT2D eigenvalue weighted by Crippen LogP contribution is 2.24. The summed E-state index contributed by atoms with van der Waals surface area (Å²) in [5, 5.41) is 3.10. The molecule has 23 heavy (non-hydrogen) atoms. The number of hydrogen-bond acceptors (Lipinski definition) is 4. The number of carbonyl (C=O) groups excluding carboxylic acids is 2. The number of amides is 2. The molecule has 1 aromatic rings. The summed E-state index contributed by atoms with van der Waals surface area (Å²) in [6.07, 6.45) is 4.60. The molecule has 0 spiro atoms. The Balaban J connectivity index is 1.94. The molecule has 1 saturated carbocycles. The lowest BCUT2D eigenvalue weighted by atomic mass is 9.86. The van der Waals surface area contributed by atoms with Crippen LogP contribution < -0.4 is 5.32 Å². The van der Waals surface area contributed by atoms with Gasteiger partial charge in [-0.25, -0.2) is 9.59 Å². The first-order chi connectivity index (χ1) is 10.9. The molecule has 2 unspecified atom stereocenters. The highest BCUT2D eigenvalue weighted by atomic mass is 16.5. The molecular formula is C17H26N2O4. The monoisotopic (exact) mass is 322 g/mol. The summed E-state index contributed by atoms with van der Waals surface area (Å²) in [6, 6.07) is 1.76. The highest BCUT2D eigenvalue weighted by Gasteiger charge is 2.24. The van der Waals surface area contributed by atoms with Gasteiger partial charge < -0.3 is 19.4 Å². The number of methoxy groups -OCH3 is 1. The van der Waals surface area contributed by atoms with Crippen LogP contribution in [0.2, 0.25) is 0 Å². The molecule has 0 aliphatic heterocycles. The zero-order chi connectivity index (χ0) is 17.0. The van der Waals surface area contributed by atoms with Crippen molar-refractivity contribution in [3.63, 3.8) is 0 Å². The van der Waals surface area contributed by atoms with Crippen LogP contribution in [0.4, 0.5) is 4.79 Å². The fourth-order valence-corrected chi connectivity index (χ4v) is 3.04. The predicted octanol–water partition coefficient (Wildman–Crippen LogP) is 3.09. The first kappa shape index (κ1) is 17.4. The van der Waals surface area contributed by atoms with Crippen molar-refractivity contribution in [3.05, 3.63) is 23.2 Å². The van der Waals surface area contributed by atoms with Crippen LogP contribution in [0.25, 0.3) is 0 Å². The van der Waals surface area contributed by atoms with Crippen molar-refractivity contribution in [2.24, 2.45) is 5.92 Å². The van der Waals surface area contributed by atoms with E-state index in [2.05, 4.69) is 12.2 Å². The summed E-state index contributed by atoms with van der Waals surface area (Å²) in [6.45, 7) is 4.20. The average molecular weight is 322 g/mol. The molecule has 128 valence electrons. The Bertz CT molecular complexity index is 567. The Hall–Kier alpha value is -1.98. The third-order valence-corrected chi connectivity index (χ3v) is 4.53. The fourth-order valence-electron chi connectivity index (χ4n) is 3.04. The molecule has 0 aromatic carbocycles. The lowest BCUT2D eigenvalue weighted by Gasteiger charge is -2.31. The second-order valence-electron chi connectivity index (χ2n) is 6.35. The first-order valence-corrected chi connectivity index (χ1v) is 8.11. The van der Waals surface area contributed by atoms with Crippen molar-refractivity contribution in [1.82, 2.24) is 10.2 Å². The number of nitrogens with zero attached hydrogens (tertiary/aromatic N) is 1. The van der Waals surface area contributed by atoms with E-state index in [4.69, 9.17) is 9.15 Å². The molecule has 1 fully saturated rings. The Morgan fingerprint density at radius 3 is 2.74 bits per heavy atom. The van der Waals surface area contributed by atoms with E-state index in [1.54, 1.807) is 24.9 Å². The van der Waals surface area contributed by atoms with Gasteiger partial charge in [0.1, 0.15) is 17.1 Å². The van der Waals surface area contributed by atoms with E-state index in [0.717, 1.165) is 12.8 Å². The fraction of sp³-hybridized carbons (Fsp3) is 0.647. The molecule has 1 aromatic heterocycles. The topological polar surface area (TPSA) is 71.8 Å². The number of rotatable bonds is 4. The molecule has 2 amide bonds. The molecule has 1 aliphatic rings. The lowest BCUT2D eigenvalue weighted by Crippen LogP contribution is -2.46. The van der Waals surface area contributed by atoms with Crippen LogP contribution in [0.1, 0.15) is 54.5 Å². The molecule has 1 heterocycles. The largest absolute Gasteiger partial charge is 0.465 e. The zero-order valence-corrected chi connectivity index (χ0v) is 14.3. The first-order valence-electron chi connectivity index (χ1n) is 8.11. The van der Waals surface area contributed by atoms with E-state index in [-0.39, 0.29) is 12.1 Å². The van der Waals surface area contributed by atoms with Gasteiger partial charge in [0.15, 0.2) is 0 Å². The number of ether oxygens (including phenoxy) is 1. The third kappa shape index (κ3) is 4.27. The van der Waals surface area contributed by atoms with Crippen LogP contribution >= 0.6 is 0 Å². The number of hydrogen-bond donors (Lipinski definition) is 1. The van der Waals surface area contributed by atoms with Crippen LogP contribution in [-0.4, -0.2) is 37.1 Å². The molecule has 2 rings (SSSR count). The molecule has 0 radical (unpaired) electrons. The van der Waals surface area contributed by atoms with Crippen molar-refractivity contribution < 1.29 is 18.7 Å². The summed E-state index contributed by atoms with van der Waals surface area (Å²) in [7, 11) is 3.05. The molecular weight excluding hydrogens is 296 g/mol. The van der Waals surface area contributed by atoms with E-state index in [9.17, 15) is 9.59 Å². The Morgan fingerprint density at radius 1 is 1.39 bits per heavy atom. The SMILES string of the molecule is COC(=O)c1cc(CN(C)C(=O)NC2CCCCC2C)oc1C. The van der Waals surface area contributed by atoms with Gasteiger partial charge in [0, 0.05) is 13.1 Å². The predicted molar refractivity (Wildman–Crippen MR) is 86.2 cm³/mol. The maximum Gasteiger partial charge on any atom is 0.341 e. The van der Waals surface area contributed by atoms with Gasteiger partial charge in [0.25, 0.3) is 0 Å². The number of urea groups is 1. The van der Waals surface area contributed by atoms with Crippen LogP contribution in [0.15, 0.2) is 10.5 Å². The average Bonchev–Trinajstić information content (AvgIpc) is 2.89. The van der Waals surface area contributed by atoms with Crippen molar-refractivity contribution in [2.45, 2.75) is 52.1 Å². The van der Waals surface area contributed by atoms with Crippen LogP contribution in [0, 0.1) is 12.8 Å². The van der Waals surface area contributed by atoms with Crippen molar-refractivity contribution in [2.75, 3.05) is 14.2 Å². The normalized spacial score (nSPS) is 20.9. The third-order valence-electron chi connectivity index (χ3n) is 4.53. The Labute approximate surface area is 137 Å². The molecule has 2 atom stereocenters. The van der Waals surface area contributed by atoms with Gasteiger partial charge in [0.2, 0.25) is 0 Å². The molecule has 6 nitrogen and oxygen atoms in total. The molecule has 1 aliphatic carbocycles. The standard InChI is InChI=1S/C17H26N2O4/c1-11-7-5-6-8-15(11)18-17(21)19(3)10-13-9-14(12(2)23-13)16(20)22-4/h9,11,15H,5-8,10H2,1-4H3,(H,18,21). The van der Waals surface area contributed by atoms with Gasteiger partial charge >= 0.3 is 12.0 Å². The summed E-state index contributed by atoms with van der Waals surface area (Å²) >= 11 is 0. The number of carbonyl (C=O) groups is 2. The van der Waals surface area contributed by atoms with Gasteiger partial charge in [0.05, 0.1) is 13.7 Å². The molecule has 0 bridgehead atoms. The van der Waals surface area contributed by atoms with Gasteiger partial charge in [-0.15, -0.1) is 0 Å². The van der Waals surface area contributed by atoms with E-state index in [0.29, 0.717) is 29.5 Å². The van der Waals surface area contributed by atoms with E-state index < -0.39 is 5.97 Å². The Morgan fingerprint density at radius 2 is 2.09 bits per heavy atom. The number of esters is 1. The van der Waals surface area contributed by atoms with E-state index >= 15 is 0 Å². The lowest BCUT2D eigenvalue weighted by molar-refractivity contribution is 0.0598. The minimum atomic E-state index is -0.430. The number of furan rings is 1. The summed E-state index contributed by atoms with van der Waals surface area (Å²) in [4.78, 5) is 25.5. The Kier molecular flexibility index (Phi) is 5.69. The van der Waals surface area contributed by atoms with Crippen molar-refractivity contribution in [3.8, 4) is 0 Å². The molecule has 1 N–H and O–H groups in total. The molecule has 0 saturated heterocycles. The molecule has 6 heteroatoms. The second-order valence-corrected chi connectivity index (χ2v) is 6.35. The minimum Gasteiger partial charge on any atom is -0.465 e. The summed E-state index contributed by atoms with van der Waals surface area (Å²) in [5.74, 6) is 1.15. The highest BCUT2D eigenvalue weighted by molar-refractivity contribution is 5.90. The van der Waals surface area contributed by atoms with Crippen LogP contribution in [-0.2, 0) is 11.3 Å². The zero-order valence-electron chi connectivity index (χ0n) is 14.3. The minimum absolute atomic E-state index is 0.113. The maximum atomic E-state index is 12.3. The maximum absolute atomic E-state index is 12.3. The van der Waals surface area contributed by atoms with Crippen LogP contribution in [0.5, 0.6) is 0 Å². The van der Waals surface area contributed by atoms with Gasteiger partial charge in [-0.2, -0.15) is 0 Å². The quantitative estimate of drug-likeness (QED) is 0.865. The van der Waals surface area contributed by atoms with E-state index in [1.165, 1.54) is 20.0 Å². The number of aryl methyl sites for hydroxylation is 1. The smallest absolute Gasteiger partial charge is 0.341 e. The summed E-state index contributed by atoms with van der Waals surface area (Å²) < 4.78 is 10.3.